The molecule has 0 spiro atoms. The van der Waals surface area contributed by atoms with E-state index in [2.05, 4.69) is 15.5 Å². The van der Waals surface area contributed by atoms with Crippen LogP contribution in [0.2, 0.25) is 0 Å². The van der Waals surface area contributed by atoms with Crippen LogP contribution in [-0.2, 0) is 24.3 Å². The standard InChI is InChI=1S/C14H19F3N4O/c15-14(16,17)10-5-6-21-11(7-10)19-20-12(21)8-18-13(22)9-3-1-2-4-9/h9-10H,1-8H2,(H,18,22)/t10-/m1/s1. The third-order valence-electron chi connectivity index (χ3n) is 4.64. The van der Waals surface area contributed by atoms with E-state index < -0.39 is 12.1 Å². The summed E-state index contributed by atoms with van der Waals surface area (Å²) in [5, 5.41) is 10.6. The van der Waals surface area contributed by atoms with Crippen molar-refractivity contribution in [1.29, 1.82) is 0 Å². The lowest BCUT2D eigenvalue weighted by molar-refractivity contribution is -0.179. The van der Waals surface area contributed by atoms with Crippen LogP contribution in [0.25, 0.3) is 0 Å². The van der Waals surface area contributed by atoms with E-state index in [1.54, 1.807) is 4.57 Å². The molecule has 0 bridgehead atoms. The fraction of sp³-hybridized carbons (Fsp3) is 0.786. The van der Waals surface area contributed by atoms with Crippen LogP contribution < -0.4 is 5.32 Å². The molecule has 8 heteroatoms. The van der Waals surface area contributed by atoms with Crippen LogP contribution in [0.1, 0.15) is 43.8 Å². The maximum absolute atomic E-state index is 12.8. The van der Waals surface area contributed by atoms with E-state index in [4.69, 9.17) is 0 Å². The van der Waals surface area contributed by atoms with Gasteiger partial charge in [-0.25, -0.2) is 0 Å². The van der Waals surface area contributed by atoms with Crippen LogP contribution in [0, 0.1) is 11.8 Å². The predicted molar refractivity (Wildman–Crippen MR) is 71.7 cm³/mol. The van der Waals surface area contributed by atoms with Gasteiger partial charge in [0.2, 0.25) is 5.91 Å². The highest BCUT2D eigenvalue weighted by molar-refractivity contribution is 5.78. The van der Waals surface area contributed by atoms with Gasteiger partial charge in [0, 0.05) is 18.9 Å². The van der Waals surface area contributed by atoms with Gasteiger partial charge in [-0.15, -0.1) is 10.2 Å². The third-order valence-corrected chi connectivity index (χ3v) is 4.64. The number of carbonyl (C=O) groups is 1. The third kappa shape index (κ3) is 3.10. The first-order valence-corrected chi connectivity index (χ1v) is 7.70. The zero-order chi connectivity index (χ0) is 15.7. The van der Waals surface area contributed by atoms with Gasteiger partial charge in [0.1, 0.15) is 5.82 Å². The van der Waals surface area contributed by atoms with Crippen LogP contribution in [0.4, 0.5) is 13.2 Å². The maximum Gasteiger partial charge on any atom is 0.392 e. The lowest BCUT2D eigenvalue weighted by atomic mass is 9.97. The first kappa shape index (κ1) is 15.3. The van der Waals surface area contributed by atoms with Crippen molar-refractivity contribution in [2.24, 2.45) is 11.8 Å². The molecule has 1 fully saturated rings. The van der Waals surface area contributed by atoms with Crippen molar-refractivity contribution in [3.8, 4) is 0 Å². The number of alkyl halides is 3. The monoisotopic (exact) mass is 316 g/mol. The van der Waals surface area contributed by atoms with Gasteiger partial charge >= 0.3 is 6.18 Å². The van der Waals surface area contributed by atoms with E-state index >= 15 is 0 Å². The summed E-state index contributed by atoms with van der Waals surface area (Å²) in [4.78, 5) is 12.0. The van der Waals surface area contributed by atoms with E-state index in [1.807, 2.05) is 0 Å². The smallest absolute Gasteiger partial charge is 0.349 e. The molecule has 3 rings (SSSR count). The summed E-state index contributed by atoms with van der Waals surface area (Å²) in [6.07, 6.45) is -0.290. The summed E-state index contributed by atoms with van der Waals surface area (Å²) in [5.41, 5.74) is 0. The van der Waals surface area contributed by atoms with Gasteiger partial charge < -0.3 is 9.88 Å². The molecule has 0 aromatic carbocycles. The Morgan fingerprint density at radius 3 is 2.64 bits per heavy atom. The second-order valence-corrected chi connectivity index (χ2v) is 6.11. The Morgan fingerprint density at radius 1 is 1.23 bits per heavy atom. The van der Waals surface area contributed by atoms with Gasteiger partial charge in [-0.3, -0.25) is 4.79 Å². The lowest BCUT2D eigenvalue weighted by Crippen LogP contribution is -2.33. The van der Waals surface area contributed by atoms with Crippen LogP contribution in [-0.4, -0.2) is 26.8 Å². The number of rotatable bonds is 3. The van der Waals surface area contributed by atoms with Crippen LogP contribution >= 0.6 is 0 Å². The highest BCUT2D eigenvalue weighted by atomic mass is 19.4. The average molecular weight is 316 g/mol. The Morgan fingerprint density at radius 2 is 1.95 bits per heavy atom. The zero-order valence-corrected chi connectivity index (χ0v) is 12.2. The molecular formula is C14H19F3N4O. The quantitative estimate of drug-likeness (QED) is 0.930. The van der Waals surface area contributed by atoms with Crippen LogP contribution in [0.3, 0.4) is 0 Å². The van der Waals surface area contributed by atoms with E-state index in [9.17, 15) is 18.0 Å². The van der Waals surface area contributed by atoms with Crippen LogP contribution in [0.5, 0.6) is 0 Å². The minimum Gasteiger partial charge on any atom is -0.349 e. The summed E-state index contributed by atoms with van der Waals surface area (Å²) in [7, 11) is 0. The molecule has 5 nitrogen and oxygen atoms in total. The number of carbonyl (C=O) groups excluding carboxylic acids is 1. The molecule has 0 unspecified atom stereocenters. The molecular weight excluding hydrogens is 297 g/mol. The Labute approximate surface area is 126 Å². The van der Waals surface area contributed by atoms with Crippen molar-refractivity contribution in [2.45, 2.75) is 57.8 Å². The van der Waals surface area contributed by atoms with Crippen molar-refractivity contribution >= 4 is 5.91 Å². The maximum atomic E-state index is 12.8. The zero-order valence-electron chi connectivity index (χ0n) is 12.2. The van der Waals surface area contributed by atoms with E-state index in [-0.39, 0.29) is 37.8 Å². The molecule has 0 radical (unpaired) electrons. The van der Waals surface area contributed by atoms with Crippen molar-refractivity contribution in [2.75, 3.05) is 0 Å². The molecule has 22 heavy (non-hydrogen) atoms. The number of hydrogen-bond acceptors (Lipinski definition) is 3. The minimum atomic E-state index is -4.19. The predicted octanol–water partition coefficient (Wildman–Crippen LogP) is 2.21. The Bertz CT molecular complexity index is 549. The van der Waals surface area contributed by atoms with Gasteiger partial charge in [0.25, 0.3) is 0 Å². The van der Waals surface area contributed by atoms with E-state index in [0.717, 1.165) is 25.7 Å². The first-order valence-electron chi connectivity index (χ1n) is 7.70. The highest BCUT2D eigenvalue weighted by Crippen LogP contribution is 2.34. The second-order valence-electron chi connectivity index (χ2n) is 6.11. The van der Waals surface area contributed by atoms with Gasteiger partial charge in [0.05, 0.1) is 12.5 Å². The number of hydrogen-bond donors (Lipinski definition) is 1. The van der Waals surface area contributed by atoms with Crippen molar-refractivity contribution in [1.82, 2.24) is 20.1 Å². The minimum absolute atomic E-state index is 0.0128. The van der Waals surface area contributed by atoms with Gasteiger partial charge in [-0.2, -0.15) is 13.2 Å². The summed E-state index contributed by atoms with van der Waals surface area (Å²) in [6, 6.07) is 0. The topological polar surface area (TPSA) is 59.8 Å². The molecule has 1 atom stereocenters. The average Bonchev–Trinajstić information content (AvgIpc) is 3.13. The van der Waals surface area contributed by atoms with E-state index in [1.165, 1.54) is 0 Å². The first-order chi connectivity index (χ1) is 10.4. The molecule has 1 N–H and O–H groups in total. The summed E-state index contributed by atoms with van der Waals surface area (Å²) < 4.78 is 40.0. The molecule has 1 aliphatic heterocycles. The number of fused-ring (bicyclic) bond motifs is 1. The van der Waals surface area contributed by atoms with Gasteiger partial charge in [-0.05, 0) is 19.3 Å². The second kappa shape index (κ2) is 5.89. The van der Waals surface area contributed by atoms with Crippen LogP contribution in [0.15, 0.2) is 0 Å². The fourth-order valence-electron chi connectivity index (χ4n) is 3.30. The Hall–Kier alpha value is -1.60. The highest BCUT2D eigenvalue weighted by Gasteiger charge is 2.42. The van der Waals surface area contributed by atoms with Crippen molar-refractivity contribution in [3.63, 3.8) is 0 Å². The summed E-state index contributed by atoms with van der Waals surface area (Å²) in [5.74, 6) is -0.358. The van der Waals surface area contributed by atoms with Crippen molar-refractivity contribution in [3.05, 3.63) is 11.6 Å². The largest absolute Gasteiger partial charge is 0.392 e. The van der Waals surface area contributed by atoms with Gasteiger partial charge in [-0.1, -0.05) is 12.8 Å². The molecule has 1 aliphatic carbocycles. The molecule has 122 valence electrons. The number of amides is 1. The molecule has 1 saturated carbocycles. The molecule has 1 aromatic heterocycles. The molecule has 2 heterocycles. The Kier molecular flexibility index (Phi) is 4.10. The number of nitrogens with one attached hydrogen (secondary N) is 1. The number of halogens is 3. The summed E-state index contributed by atoms with van der Waals surface area (Å²) in [6.45, 7) is 0.486. The molecule has 1 amide bonds. The van der Waals surface area contributed by atoms with E-state index in [0.29, 0.717) is 11.6 Å². The Balaban J connectivity index is 1.60. The molecule has 1 aromatic rings. The number of aromatic nitrogens is 3. The summed E-state index contributed by atoms with van der Waals surface area (Å²) >= 11 is 0. The van der Waals surface area contributed by atoms with Gasteiger partial charge in [0.15, 0.2) is 5.82 Å². The lowest BCUT2D eigenvalue weighted by Gasteiger charge is -2.25. The molecule has 0 saturated heterocycles. The molecule has 2 aliphatic rings. The van der Waals surface area contributed by atoms with Crippen molar-refractivity contribution < 1.29 is 18.0 Å². The SMILES string of the molecule is O=C(NCc1nnc2n1CC[C@@H](C(F)(F)F)C2)C1CCCC1. The normalized spacial score (nSPS) is 22.6. The number of nitrogens with zero attached hydrogens (tertiary/aromatic N) is 3. The fourth-order valence-corrected chi connectivity index (χ4v) is 3.30.